The van der Waals surface area contributed by atoms with Crippen LogP contribution in [0.4, 0.5) is 0 Å². The Morgan fingerprint density at radius 3 is 0.900 bits per heavy atom. The summed E-state index contributed by atoms with van der Waals surface area (Å²) < 4.78 is 61.7. The molecular formula is C16H38N6O6S2. The van der Waals surface area contributed by atoms with Crippen LogP contribution in [-0.4, -0.2) is 125 Å². The molecule has 0 radical (unpaired) electrons. The number of nitrogens with one attached hydrogen (secondary N) is 4. The monoisotopic (exact) mass is 474 g/mol. The predicted octanol–water partition coefficient (Wildman–Crippen LogP) is -2.57. The van der Waals surface area contributed by atoms with E-state index in [9.17, 15) is 16.8 Å². The molecule has 0 aromatic carbocycles. The van der Waals surface area contributed by atoms with Crippen molar-refractivity contribution in [2.24, 2.45) is 0 Å². The Balaban J connectivity index is 0.000000300. The highest BCUT2D eigenvalue weighted by Crippen LogP contribution is 2.14. The first-order valence-electron chi connectivity index (χ1n) is 10.3. The summed E-state index contributed by atoms with van der Waals surface area (Å²) in [6, 6.07) is 0. The topological polar surface area (TPSA) is 163 Å². The molecule has 0 saturated carbocycles. The molecular weight excluding hydrogens is 436 g/mol. The van der Waals surface area contributed by atoms with Crippen LogP contribution in [0.1, 0.15) is 13.8 Å². The van der Waals surface area contributed by atoms with Crippen LogP contribution in [-0.2, 0) is 20.2 Å². The molecule has 3 rings (SSSR count). The highest BCUT2D eigenvalue weighted by molar-refractivity contribution is 7.86. The summed E-state index contributed by atoms with van der Waals surface area (Å²) in [6.45, 7) is 13.1. The molecule has 3 heterocycles. The lowest BCUT2D eigenvalue weighted by atomic mass is 10.3. The number of rotatable bonds is 4. The summed E-state index contributed by atoms with van der Waals surface area (Å²) in [5.74, 6) is 0. The van der Waals surface area contributed by atoms with Crippen molar-refractivity contribution in [3.8, 4) is 0 Å². The van der Waals surface area contributed by atoms with E-state index in [-0.39, 0.29) is 0 Å². The Labute approximate surface area is 180 Å². The van der Waals surface area contributed by atoms with E-state index in [0.29, 0.717) is 26.2 Å². The SMILES string of the molecule is C1CNCCN1.C1CNCCN1.CC(N1CCN(C(C)S(=O)(=O)O)CC1)S(=O)(=O)O. The Hall–Kier alpha value is -0.420. The lowest BCUT2D eigenvalue weighted by molar-refractivity contribution is 0.114. The van der Waals surface area contributed by atoms with E-state index >= 15 is 0 Å². The van der Waals surface area contributed by atoms with E-state index in [1.165, 1.54) is 13.8 Å². The molecule has 2 atom stereocenters. The van der Waals surface area contributed by atoms with E-state index < -0.39 is 31.0 Å². The van der Waals surface area contributed by atoms with Gasteiger partial charge in [-0.25, -0.2) is 0 Å². The molecule has 12 nitrogen and oxygen atoms in total. The van der Waals surface area contributed by atoms with Crippen LogP contribution in [0.5, 0.6) is 0 Å². The third-order valence-electron chi connectivity index (χ3n) is 5.15. The molecule has 3 aliphatic heterocycles. The van der Waals surface area contributed by atoms with Gasteiger partial charge in [0.25, 0.3) is 20.2 Å². The van der Waals surface area contributed by atoms with E-state index in [2.05, 4.69) is 21.3 Å². The molecule has 0 bridgehead atoms. The van der Waals surface area contributed by atoms with Crippen molar-refractivity contribution in [1.29, 1.82) is 0 Å². The van der Waals surface area contributed by atoms with Crippen molar-refractivity contribution in [3.63, 3.8) is 0 Å². The minimum absolute atomic E-state index is 0.306. The molecule has 0 aliphatic carbocycles. The van der Waals surface area contributed by atoms with Crippen LogP contribution in [0, 0.1) is 0 Å². The Bertz CT molecular complexity index is 581. The van der Waals surface area contributed by atoms with E-state index in [0.717, 1.165) is 52.4 Å². The zero-order chi connectivity index (χ0) is 22.6. The van der Waals surface area contributed by atoms with Gasteiger partial charge in [0.15, 0.2) is 0 Å². The Morgan fingerprint density at radius 2 is 0.767 bits per heavy atom. The second-order valence-electron chi connectivity index (χ2n) is 7.30. The van der Waals surface area contributed by atoms with E-state index in [1.54, 1.807) is 9.80 Å². The lowest BCUT2D eigenvalue weighted by Gasteiger charge is -2.38. The molecule has 2 unspecified atom stereocenters. The van der Waals surface area contributed by atoms with Crippen molar-refractivity contribution < 1.29 is 25.9 Å². The Kier molecular flexibility index (Phi) is 12.8. The molecule has 0 spiro atoms. The standard InChI is InChI=1S/C8H18N2O6S2.2C4H10N2/c1-7(17(11,12)13)9-3-5-10(6-4-9)8(2)18(14,15)16;2*1-2-6-4-3-5-1/h7-8H,3-6H2,1-2H3,(H,11,12,13)(H,14,15,16);2*5-6H,1-4H2. The summed E-state index contributed by atoms with van der Waals surface area (Å²) in [5.41, 5.74) is 0. The Morgan fingerprint density at radius 1 is 0.567 bits per heavy atom. The number of hydrogen-bond donors (Lipinski definition) is 6. The summed E-state index contributed by atoms with van der Waals surface area (Å²) >= 11 is 0. The molecule has 0 aromatic rings. The fourth-order valence-electron chi connectivity index (χ4n) is 3.05. The van der Waals surface area contributed by atoms with Gasteiger partial charge in [-0.2, -0.15) is 16.8 Å². The highest BCUT2D eigenvalue weighted by Gasteiger charge is 2.32. The number of hydrogen-bond acceptors (Lipinski definition) is 10. The maximum atomic E-state index is 11.0. The molecule has 3 aliphatic rings. The zero-order valence-corrected chi connectivity index (χ0v) is 19.5. The summed E-state index contributed by atoms with van der Waals surface area (Å²) in [6.07, 6.45) is 0. The molecule has 3 fully saturated rings. The van der Waals surface area contributed by atoms with Gasteiger partial charge in [0.1, 0.15) is 10.7 Å². The molecule has 0 amide bonds. The molecule has 30 heavy (non-hydrogen) atoms. The number of nitrogens with zero attached hydrogens (tertiary/aromatic N) is 2. The first-order chi connectivity index (χ1) is 14.0. The van der Waals surface area contributed by atoms with Gasteiger partial charge in [-0.3, -0.25) is 18.9 Å². The molecule has 14 heteroatoms. The van der Waals surface area contributed by atoms with E-state index in [4.69, 9.17) is 9.11 Å². The van der Waals surface area contributed by atoms with Crippen LogP contribution in [0.3, 0.4) is 0 Å². The van der Waals surface area contributed by atoms with Gasteiger partial charge in [0.05, 0.1) is 0 Å². The second-order valence-corrected chi connectivity index (χ2v) is 10.7. The third-order valence-corrected chi connectivity index (χ3v) is 7.47. The smallest absolute Gasteiger partial charge is 0.280 e. The fourth-order valence-corrected chi connectivity index (χ4v) is 4.22. The maximum absolute atomic E-state index is 11.0. The van der Waals surface area contributed by atoms with Crippen molar-refractivity contribution in [1.82, 2.24) is 31.1 Å². The first kappa shape index (κ1) is 27.6. The summed E-state index contributed by atoms with van der Waals surface area (Å²) in [7, 11) is -8.26. The van der Waals surface area contributed by atoms with Crippen LogP contribution in [0.15, 0.2) is 0 Å². The molecule has 0 aromatic heterocycles. The average molecular weight is 475 g/mol. The van der Waals surface area contributed by atoms with Crippen LogP contribution in [0.2, 0.25) is 0 Å². The van der Waals surface area contributed by atoms with Gasteiger partial charge in [-0.1, -0.05) is 0 Å². The van der Waals surface area contributed by atoms with Gasteiger partial charge < -0.3 is 21.3 Å². The van der Waals surface area contributed by atoms with Crippen molar-refractivity contribution >= 4 is 20.2 Å². The second kappa shape index (κ2) is 13.9. The summed E-state index contributed by atoms with van der Waals surface area (Å²) in [5, 5.41) is 10.9. The molecule has 6 N–H and O–H groups in total. The van der Waals surface area contributed by atoms with Gasteiger partial charge in [0.2, 0.25) is 0 Å². The maximum Gasteiger partial charge on any atom is 0.280 e. The first-order valence-corrected chi connectivity index (χ1v) is 13.3. The van der Waals surface area contributed by atoms with Crippen molar-refractivity contribution in [2.75, 3.05) is 78.5 Å². The minimum Gasteiger partial charge on any atom is -0.314 e. The van der Waals surface area contributed by atoms with E-state index in [1.807, 2.05) is 0 Å². The third kappa shape index (κ3) is 11.3. The van der Waals surface area contributed by atoms with Gasteiger partial charge in [0, 0.05) is 78.5 Å². The molecule has 3 saturated heterocycles. The van der Waals surface area contributed by atoms with Crippen molar-refractivity contribution in [2.45, 2.75) is 24.6 Å². The quantitative estimate of drug-likeness (QED) is 0.236. The van der Waals surface area contributed by atoms with Gasteiger partial charge in [-0.05, 0) is 13.8 Å². The zero-order valence-electron chi connectivity index (χ0n) is 17.9. The van der Waals surface area contributed by atoms with Crippen LogP contribution < -0.4 is 21.3 Å². The average Bonchev–Trinajstić information content (AvgIpc) is 2.75. The van der Waals surface area contributed by atoms with Gasteiger partial charge in [-0.15, -0.1) is 0 Å². The minimum atomic E-state index is -4.13. The predicted molar refractivity (Wildman–Crippen MR) is 117 cm³/mol. The summed E-state index contributed by atoms with van der Waals surface area (Å²) in [4.78, 5) is 3.09. The highest BCUT2D eigenvalue weighted by atomic mass is 32.2. The normalized spacial score (nSPS) is 23.9. The molecule has 180 valence electrons. The fraction of sp³-hybridized carbons (Fsp3) is 1.00. The van der Waals surface area contributed by atoms with Gasteiger partial charge >= 0.3 is 0 Å². The van der Waals surface area contributed by atoms with Crippen molar-refractivity contribution in [3.05, 3.63) is 0 Å². The lowest BCUT2D eigenvalue weighted by Crippen LogP contribution is -2.54. The largest absolute Gasteiger partial charge is 0.314 e. The van der Waals surface area contributed by atoms with Crippen LogP contribution >= 0.6 is 0 Å². The van der Waals surface area contributed by atoms with Crippen LogP contribution in [0.25, 0.3) is 0 Å². The number of piperazine rings is 3.